The van der Waals surface area contributed by atoms with E-state index in [1.54, 1.807) is 32.2 Å². The van der Waals surface area contributed by atoms with Crippen LogP contribution in [0.4, 0.5) is 5.69 Å². The van der Waals surface area contributed by atoms with Crippen LogP contribution in [-0.4, -0.2) is 33.8 Å². The second-order valence-electron chi connectivity index (χ2n) is 5.84. The molecule has 0 aliphatic rings. The Morgan fingerprint density at radius 1 is 1.18 bits per heavy atom. The van der Waals surface area contributed by atoms with Crippen LogP contribution in [0, 0.1) is 10.1 Å². The van der Waals surface area contributed by atoms with Crippen LogP contribution in [-0.2, 0) is 0 Å². The second kappa shape index (κ2) is 8.12. The largest absolute Gasteiger partial charge is 0.497 e. The zero-order valence-corrected chi connectivity index (χ0v) is 15.2. The summed E-state index contributed by atoms with van der Waals surface area (Å²) in [7, 11) is 1.59. The Bertz CT molecular complexity index is 1020. The molecular formula is C19H17N5O4. The molecule has 1 aromatic heterocycles. The fourth-order valence-electron chi connectivity index (χ4n) is 2.43. The quantitative estimate of drug-likeness (QED) is 0.387. The van der Waals surface area contributed by atoms with Crippen molar-refractivity contribution in [2.75, 3.05) is 7.11 Å². The maximum atomic E-state index is 12.3. The SMILES string of the molecule is COc1ccc(-c2cc(C(=O)N/N=C(\C)c3ccc([N+](=O)[O-])cc3)[nH]n2)cc1. The molecule has 1 heterocycles. The van der Waals surface area contributed by atoms with Crippen molar-refractivity contribution in [1.82, 2.24) is 15.6 Å². The lowest BCUT2D eigenvalue weighted by Gasteiger charge is -2.02. The fourth-order valence-corrected chi connectivity index (χ4v) is 2.43. The first-order chi connectivity index (χ1) is 13.5. The highest BCUT2D eigenvalue weighted by molar-refractivity contribution is 6.00. The summed E-state index contributed by atoms with van der Waals surface area (Å²) in [6, 6.07) is 14.8. The standard InChI is InChI=1S/C19H17N5O4/c1-12(13-3-7-15(8-4-13)24(26)27)20-23-19(25)18-11-17(21-22-18)14-5-9-16(28-2)10-6-14/h3-11H,1-2H3,(H,21,22)(H,23,25)/b20-12+. The Kier molecular flexibility index (Phi) is 5.45. The number of methoxy groups -OCH3 is 1. The molecule has 0 aliphatic carbocycles. The smallest absolute Gasteiger partial charge is 0.289 e. The van der Waals surface area contributed by atoms with Crippen LogP contribution in [0.3, 0.4) is 0 Å². The summed E-state index contributed by atoms with van der Waals surface area (Å²) in [6.07, 6.45) is 0. The molecule has 2 N–H and O–H groups in total. The number of rotatable bonds is 6. The lowest BCUT2D eigenvalue weighted by atomic mass is 10.1. The van der Waals surface area contributed by atoms with Crippen LogP contribution >= 0.6 is 0 Å². The zero-order valence-electron chi connectivity index (χ0n) is 15.2. The predicted octanol–water partition coefficient (Wildman–Crippen LogP) is 3.15. The van der Waals surface area contributed by atoms with Crippen molar-refractivity contribution in [2.45, 2.75) is 6.92 Å². The minimum absolute atomic E-state index is 0.0101. The van der Waals surface area contributed by atoms with E-state index in [0.717, 1.165) is 11.3 Å². The van der Waals surface area contributed by atoms with Crippen LogP contribution in [0.5, 0.6) is 5.75 Å². The molecule has 0 saturated heterocycles. The normalized spacial score (nSPS) is 11.1. The maximum Gasteiger partial charge on any atom is 0.289 e. The van der Waals surface area contributed by atoms with Crippen molar-refractivity contribution in [3.05, 3.63) is 76.0 Å². The molecule has 0 saturated carbocycles. The topological polar surface area (TPSA) is 123 Å². The first-order valence-electron chi connectivity index (χ1n) is 8.27. The van der Waals surface area contributed by atoms with E-state index >= 15 is 0 Å². The van der Waals surface area contributed by atoms with E-state index < -0.39 is 10.8 Å². The molecule has 3 aromatic rings. The Balaban J connectivity index is 1.68. The number of carbonyl (C=O) groups is 1. The van der Waals surface area contributed by atoms with E-state index in [4.69, 9.17) is 4.74 Å². The number of hydrogen-bond donors (Lipinski definition) is 2. The number of nitrogens with zero attached hydrogens (tertiary/aromatic N) is 3. The number of H-pyrrole nitrogens is 1. The van der Waals surface area contributed by atoms with Crippen LogP contribution in [0.25, 0.3) is 11.3 Å². The highest BCUT2D eigenvalue weighted by atomic mass is 16.6. The number of non-ortho nitro benzene ring substituents is 1. The monoisotopic (exact) mass is 379 g/mol. The lowest BCUT2D eigenvalue weighted by Crippen LogP contribution is -2.19. The molecule has 0 bridgehead atoms. The van der Waals surface area contributed by atoms with Gasteiger partial charge in [0.2, 0.25) is 0 Å². The summed E-state index contributed by atoms with van der Waals surface area (Å²) in [4.78, 5) is 22.5. The fraction of sp³-hybridized carbons (Fsp3) is 0.105. The van der Waals surface area contributed by atoms with Crippen LogP contribution < -0.4 is 10.2 Å². The van der Waals surface area contributed by atoms with Gasteiger partial charge in [-0.05, 0) is 55.0 Å². The molecule has 0 fully saturated rings. The average molecular weight is 379 g/mol. The first kappa shape index (κ1) is 18.8. The number of aromatic amines is 1. The molecule has 0 spiro atoms. The molecule has 0 unspecified atom stereocenters. The molecule has 142 valence electrons. The summed E-state index contributed by atoms with van der Waals surface area (Å²) in [5.41, 5.74) is 5.31. The number of hydrazone groups is 1. The number of ether oxygens (including phenoxy) is 1. The lowest BCUT2D eigenvalue weighted by molar-refractivity contribution is -0.384. The zero-order chi connectivity index (χ0) is 20.1. The summed E-state index contributed by atoms with van der Waals surface area (Å²) < 4.78 is 5.12. The number of benzene rings is 2. The highest BCUT2D eigenvalue weighted by Crippen LogP contribution is 2.21. The summed E-state index contributed by atoms with van der Waals surface area (Å²) in [6.45, 7) is 1.69. The molecular weight excluding hydrogens is 362 g/mol. The minimum atomic E-state index is -0.476. The van der Waals surface area contributed by atoms with Gasteiger partial charge in [0.15, 0.2) is 0 Å². The van der Waals surface area contributed by atoms with Crippen molar-refractivity contribution in [3.63, 3.8) is 0 Å². The van der Waals surface area contributed by atoms with E-state index in [1.165, 1.54) is 12.1 Å². The Morgan fingerprint density at radius 2 is 1.86 bits per heavy atom. The van der Waals surface area contributed by atoms with E-state index in [9.17, 15) is 14.9 Å². The maximum absolute atomic E-state index is 12.3. The third-order valence-electron chi connectivity index (χ3n) is 4.03. The van der Waals surface area contributed by atoms with Gasteiger partial charge >= 0.3 is 0 Å². The molecule has 0 radical (unpaired) electrons. The Hall–Kier alpha value is -4.01. The van der Waals surface area contributed by atoms with Crippen LogP contribution in [0.1, 0.15) is 23.0 Å². The number of aromatic nitrogens is 2. The number of amides is 1. The molecule has 1 amide bonds. The summed E-state index contributed by atoms with van der Waals surface area (Å²) in [5.74, 6) is 0.279. The number of carbonyl (C=O) groups excluding carboxylic acids is 1. The minimum Gasteiger partial charge on any atom is -0.497 e. The van der Waals surface area contributed by atoms with Crippen molar-refractivity contribution in [3.8, 4) is 17.0 Å². The third-order valence-corrected chi connectivity index (χ3v) is 4.03. The number of nitro benzene ring substituents is 1. The van der Waals surface area contributed by atoms with E-state index in [1.807, 2.05) is 24.3 Å². The van der Waals surface area contributed by atoms with Gasteiger partial charge in [0, 0.05) is 17.7 Å². The van der Waals surface area contributed by atoms with Crippen molar-refractivity contribution >= 4 is 17.3 Å². The number of nitro groups is 1. The van der Waals surface area contributed by atoms with Gasteiger partial charge in [0.1, 0.15) is 11.4 Å². The van der Waals surface area contributed by atoms with E-state index in [0.29, 0.717) is 17.0 Å². The molecule has 0 atom stereocenters. The number of nitrogens with one attached hydrogen (secondary N) is 2. The molecule has 9 nitrogen and oxygen atoms in total. The van der Waals surface area contributed by atoms with Crippen molar-refractivity contribution in [2.24, 2.45) is 5.10 Å². The van der Waals surface area contributed by atoms with E-state index in [2.05, 4.69) is 20.7 Å². The van der Waals surface area contributed by atoms with Gasteiger partial charge in [-0.3, -0.25) is 20.0 Å². The second-order valence-corrected chi connectivity index (χ2v) is 5.84. The van der Waals surface area contributed by atoms with Crippen LogP contribution in [0.15, 0.2) is 59.7 Å². The van der Waals surface area contributed by atoms with Crippen molar-refractivity contribution in [1.29, 1.82) is 0 Å². The average Bonchev–Trinajstić information content (AvgIpc) is 3.22. The predicted molar refractivity (Wildman–Crippen MR) is 103 cm³/mol. The van der Waals surface area contributed by atoms with Gasteiger partial charge in [-0.25, -0.2) is 5.43 Å². The summed E-state index contributed by atoms with van der Waals surface area (Å²) >= 11 is 0. The third kappa shape index (κ3) is 4.21. The van der Waals surface area contributed by atoms with Crippen LogP contribution in [0.2, 0.25) is 0 Å². The van der Waals surface area contributed by atoms with Gasteiger partial charge < -0.3 is 4.74 Å². The van der Waals surface area contributed by atoms with Crippen molar-refractivity contribution < 1.29 is 14.5 Å². The summed E-state index contributed by atoms with van der Waals surface area (Å²) in [5, 5.41) is 21.5. The van der Waals surface area contributed by atoms with Gasteiger partial charge in [-0.1, -0.05) is 0 Å². The van der Waals surface area contributed by atoms with Gasteiger partial charge in [-0.2, -0.15) is 10.2 Å². The highest BCUT2D eigenvalue weighted by Gasteiger charge is 2.11. The molecule has 9 heteroatoms. The first-order valence-corrected chi connectivity index (χ1v) is 8.27. The Labute approximate surface area is 160 Å². The molecule has 28 heavy (non-hydrogen) atoms. The number of hydrogen-bond acceptors (Lipinski definition) is 6. The molecule has 2 aromatic carbocycles. The molecule has 0 aliphatic heterocycles. The Morgan fingerprint density at radius 3 is 2.46 bits per heavy atom. The van der Waals surface area contributed by atoms with Gasteiger partial charge in [0.25, 0.3) is 11.6 Å². The molecule has 3 rings (SSSR count). The van der Waals surface area contributed by atoms with E-state index in [-0.39, 0.29) is 11.4 Å². The van der Waals surface area contributed by atoms with Gasteiger partial charge in [0.05, 0.1) is 23.4 Å². The van der Waals surface area contributed by atoms with Gasteiger partial charge in [-0.15, -0.1) is 0 Å².